The van der Waals surface area contributed by atoms with Crippen molar-refractivity contribution in [2.75, 3.05) is 26.2 Å². The summed E-state index contributed by atoms with van der Waals surface area (Å²) < 4.78 is 15.0. The Balaban J connectivity index is 1.39. The molecule has 1 aliphatic rings. The van der Waals surface area contributed by atoms with Crippen molar-refractivity contribution in [2.45, 2.75) is 13.5 Å². The van der Waals surface area contributed by atoms with Crippen LogP contribution in [0.1, 0.15) is 21.7 Å². The fourth-order valence-corrected chi connectivity index (χ4v) is 3.80. The maximum Gasteiger partial charge on any atom is 0.274 e. The van der Waals surface area contributed by atoms with E-state index in [1.807, 2.05) is 48.2 Å². The van der Waals surface area contributed by atoms with E-state index in [0.717, 1.165) is 30.0 Å². The van der Waals surface area contributed by atoms with Crippen LogP contribution in [0.25, 0.3) is 5.69 Å². The third kappa shape index (κ3) is 4.33. The molecule has 0 bridgehead atoms. The minimum Gasteiger partial charge on any atom is -0.335 e. The molecule has 3 aromatic rings. The van der Waals surface area contributed by atoms with Crippen molar-refractivity contribution in [2.24, 2.45) is 0 Å². The summed E-state index contributed by atoms with van der Waals surface area (Å²) in [5, 5.41) is 4.96. The lowest BCUT2D eigenvalue weighted by atomic mass is 10.2. The summed E-state index contributed by atoms with van der Waals surface area (Å²) in [6, 6.07) is 16.1. The van der Waals surface area contributed by atoms with Gasteiger partial charge >= 0.3 is 0 Å². The Morgan fingerprint density at radius 2 is 1.79 bits per heavy atom. The molecule has 1 aliphatic heterocycles. The minimum atomic E-state index is -0.334. The SMILES string of the molecule is Cc1cc(C(=O)N2CCN(Cc3ccc(F)cc3Cl)CC2)nn1-c1ccccc1. The number of aromatic nitrogens is 2. The van der Waals surface area contributed by atoms with E-state index in [1.165, 1.54) is 12.1 Å². The summed E-state index contributed by atoms with van der Waals surface area (Å²) in [5.74, 6) is -0.387. The van der Waals surface area contributed by atoms with Gasteiger partial charge in [0.2, 0.25) is 0 Å². The number of amides is 1. The van der Waals surface area contributed by atoms with Gasteiger partial charge in [0.25, 0.3) is 5.91 Å². The first-order valence-corrected chi connectivity index (χ1v) is 9.97. The number of benzene rings is 2. The van der Waals surface area contributed by atoms with Gasteiger partial charge in [-0.1, -0.05) is 35.9 Å². The Labute approximate surface area is 174 Å². The maximum absolute atomic E-state index is 13.2. The summed E-state index contributed by atoms with van der Waals surface area (Å²) in [6.07, 6.45) is 0. The molecule has 0 atom stereocenters. The summed E-state index contributed by atoms with van der Waals surface area (Å²) >= 11 is 6.13. The molecule has 29 heavy (non-hydrogen) atoms. The first-order valence-electron chi connectivity index (χ1n) is 9.59. The minimum absolute atomic E-state index is 0.0535. The number of carbonyl (C=O) groups excluding carboxylic acids is 1. The van der Waals surface area contributed by atoms with Crippen molar-refractivity contribution in [1.82, 2.24) is 19.6 Å². The molecule has 1 amide bonds. The molecule has 4 rings (SSSR count). The van der Waals surface area contributed by atoms with Crippen LogP contribution >= 0.6 is 11.6 Å². The largest absolute Gasteiger partial charge is 0.335 e. The van der Waals surface area contributed by atoms with Crippen LogP contribution in [0.2, 0.25) is 5.02 Å². The number of para-hydroxylation sites is 1. The maximum atomic E-state index is 13.2. The highest BCUT2D eigenvalue weighted by Crippen LogP contribution is 2.20. The second kappa shape index (κ2) is 8.35. The Kier molecular flexibility index (Phi) is 5.65. The fraction of sp³-hybridized carbons (Fsp3) is 0.273. The summed E-state index contributed by atoms with van der Waals surface area (Å²) in [4.78, 5) is 17.0. The molecule has 0 spiro atoms. The molecule has 150 valence electrons. The molecular weight excluding hydrogens is 391 g/mol. The van der Waals surface area contributed by atoms with Crippen LogP contribution in [0.5, 0.6) is 0 Å². The zero-order valence-electron chi connectivity index (χ0n) is 16.2. The summed E-state index contributed by atoms with van der Waals surface area (Å²) in [6.45, 7) is 5.30. The van der Waals surface area contributed by atoms with Crippen LogP contribution in [-0.2, 0) is 6.54 Å². The van der Waals surface area contributed by atoms with Crippen LogP contribution in [0.15, 0.2) is 54.6 Å². The first-order chi connectivity index (χ1) is 14.0. The molecule has 0 aliphatic carbocycles. The van der Waals surface area contributed by atoms with Gasteiger partial charge in [-0.25, -0.2) is 9.07 Å². The lowest BCUT2D eigenvalue weighted by molar-refractivity contribution is 0.0622. The van der Waals surface area contributed by atoms with Crippen LogP contribution in [0.3, 0.4) is 0 Å². The van der Waals surface area contributed by atoms with Crippen LogP contribution in [0.4, 0.5) is 4.39 Å². The molecule has 2 aromatic carbocycles. The van der Waals surface area contributed by atoms with Crippen molar-refractivity contribution >= 4 is 17.5 Å². The second-order valence-corrected chi connectivity index (χ2v) is 7.63. The van der Waals surface area contributed by atoms with Crippen LogP contribution < -0.4 is 0 Å². The molecule has 1 fully saturated rings. The smallest absolute Gasteiger partial charge is 0.274 e. The monoisotopic (exact) mass is 412 g/mol. The van der Waals surface area contributed by atoms with Crippen molar-refractivity contribution < 1.29 is 9.18 Å². The van der Waals surface area contributed by atoms with Crippen molar-refractivity contribution in [1.29, 1.82) is 0 Å². The highest BCUT2D eigenvalue weighted by molar-refractivity contribution is 6.31. The second-order valence-electron chi connectivity index (χ2n) is 7.22. The quantitative estimate of drug-likeness (QED) is 0.652. The van der Waals surface area contributed by atoms with Crippen molar-refractivity contribution in [3.63, 3.8) is 0 Å². The van der Waals surface area contributed by atoms with Crippen LogP contribution in [0, 0.1) is 12.7 Å². The van der Waals surface area contributed by atoms with E-state index in [1.54, 1.807) is 10.7 Å². The number of carbonyl (C=O) groups is 1. The molecule has 7 heteroatoms. The van der Waals surface area contributed by atoms with E-state index in [2.05, 4.69) is 10.00 Å². The number of halogens is 2. The van der Waals surface area contributed by atoms with Crippen molar-refractivity contribution in [3.8, 4) is 5.69 Å². The molecule has 1 saturated heterocycles. The third-order valence-electron chi connectivity index (χ3n) is 5.18. The lowest BCUT2D eigenvalue weighted by Crippen LogP contribution is -2.48. The van der Waals surface area contributed by atoms with Gasteiger partial charge in [0.05, 0.1) is 5.69 Å². The standard InChI is InChI=1S/C22H22ClFN4O/c1-16-13-21(25-28(16)19-5-3-2-4-6-19)22(29)27-11-9-26(10-12-27)15-17-7-8-18(24)14-20(17)23/h2-8,13-14H,9-12,15H2,1H3. The molecule has 0 N–H and O–H groups in total. The van der Waals surface area contributed by atoms with Gasteiger partial charge in [-0.3, -0.25) is 9.69 Å². The molecular formula is C22H22ClFN4O. The van der Waals surface area contributed by atoms with Gasteiger partial charge < -0.3 is 4.90 Å². The molecule has 0 radical (unpaired) electrons. The summed E-state index contributed by atoms with van der Waals surface area (Å²) in [7, 11) is 0. The number of rotatable bonds is 4. The molecule has 1 aromatic heterocycles. The highest BCUT2D eigenvalue weighted by atomic mass is 35.5. The Hall–Kier alpha value is -2.70. The number of piperazine rings is 1. The van der Waals surface area contributed by atoms with Gasteiger partial charge in [-0.05, 0) is 42.8 Å². The zero-order valence-corrected chi connectivity index (χ0v) is 16.9. The zero-order chi connectivity index (χ0) is 20.4. The molecule has 0 unspecified atom stereocenters. The Bertz CT molecular complexity index is 1010. The predicted octanol–water partition coefficient (Wildman–Crippen LogP) is 3.93. The number of hydrogen-bond donors (Lipinski definition) is 0. The van der Waals surface area contributed by atoms with Crippen molar-refractivity contribution in [3.05, 3.63) is 82.4 Å². The van der Waals surface area contributed by atoms with E-state index in [4.69, 9.17) is 11.6 Å². The predicted molar refractivity (Wildman–Crippen MR) is 111 cm³/mol. The average molecular weight is 413 g/mol. The summed E-state index contributed by atoms with van der Waals surface area (Å²) in [5.41, 5.74) is 3.21. The fourth-order valence-electron chi connectivity index (χ4n) is 3.57. The van der Waals surface area contributed by atoms with Gasteiger partial charge in [0.1, 0.15) is 5.82 Å². The highest BCUT2D eigenvalue weighted by Gasteiger charge is 2.25. The van der Waals surface area contributed by atoms with E-state index in [9.17, 15) is 9.18 Å². The molecule has 2 heterocycles. The van der Waals surface area contributed by atoms with E-state index in [-0.39, 0.29) is 11.7 Å². The van der Waals surface area contributed by atoms with E-state index < -0.39 is 0 Å². The normalized spacial score (nSPS) is 14.9. The Morgan fingerprint density at radius 1 is 1.07 bits per heavy atom. The van der Waals surface area contributed by atoms with E-state index >= 15 is 0 Å². The molecule has 5 nitrogen and oxygen atoms in total. The number of hydrogen-bond acceptors (Lipinski definition) is 3. The average Bonchev–Trinajstić information content (AvgIpc) is 3.12. The Morgan fingerprint density at radius 3 is 2.48 bits per heavy atom. The first kappa shape index (κ1) is 19.6. The topological polar surface area (TPSA) is 41.4 Å². The number of nitrogens with zero attached hydrogens (tertiary/aromatic N) is 4. The lowest BCUT2D eigenvalue weighted by Gasteiger charge is -2.34. The van der Waals surface area contributed by atoms with E-state index in [0.29, 0.717) is 30.4 Å². The van der Waals surface area contributed by atoms with Gasteiger partial charge in [0, 0.05) is 43.4 Å². The number of aryl methyl sites for hydroxylation is 1. The van der Waals surface area contributed by atoms with Gasteiger partial charge in [-0.2, -0.15) is 5.10 Å². The third-order valence-corrected chi connectivity index (χ3v) is 5.53. The van der Waals surface area contributed by atoms with Gasteiger partial charge in [-0.15, -0.1) is 0 Å². The van der Waals surface area contributed by atoms with Gasteiger partial charge in [0.15, 0.2) is 5.69 Å². The van der Waals surface area contributed by atoms with Crippen LogP contribution in [-0.4, -0.2) is 51.7 Å². The molecule has 0 saturated carbocycles.